The molecule has 9 heteroatoms. The Hall–Kier alpha value is -0.380. The molecule has 0 spiro atoms. The molecule has 16 heavy (non-hydrogen) atoms. The lowest BCUT2D eigenvalue weighted by Gasteiger charge is -2.11. The van der Waals surface area contributed by atoms with Crippen LogP contribution in [0.1, 0.15) is 13.3 Å². The van der Waals surface area contributed by atoms with E-state index in [1.54, 1.807) is 11.8 Å². The summed E-state index contributed by atoms with van der Waals surface area (Å²) in [5.74, 6) is 0.905. The van der Waals surface area contributed by atoms with Crippen molar-refractivity contribution in [2.75, 3.05) is 17.7 Å². The number of hydrogen-bond donors (Lipinski definition) is 2. The average Bonchev–Trinajstić information content (AvgIpc) is 2.62. The van der Waals surface area contributed by atoms with Gasteiger partial charge in [-0.1, -0.05) is 11.3 Å². The molecule has 0 aliphatic rings. The Morgan fingerprint density at radius 3 is 2.75 bits per heavy atom. The number of rotatable bonds is 6. The normalized spacial score (nSPS) is 13.9. The van der Waals surface area contributed by atoms with Crippen LogP contribution in [0.2, 0.25) is 0 Å². The summed E-state index contributed by atoms with van der Waals surface area (Å²) in [5.41, 5.74) is 5.34. The second-order valence-corrected chi connectivity index (χ2v) is 7.09. The summed E-state index contributed by atoms with van der Waals surface area (Å²) in [4.78, 5) is 0. The number of hydrogen-bond acceptors (Lipinski definition) is 7. The average molecular weight is 282 g/mol. The molecule has 6 nitrogen and oxygen atoms in total. The molecule has 1 rings (SSSR count). The SMILES string of the molecule is CSCCC(C)NS(=O)(=O)c1nnc(N)s1. The number of nitrogens with two attached hydrogens (primary N) is 1. The minimum absolute atomic E-state index is 0.0824. The van der Waals surface area contributed by atoms with Crippen LogP contribution in [0.4, 0.5) is 5.13 Å². The van der Waals surface area contributed by atoms with Crippen LogP contribution in [0, 0.1) is 0 Å². The van der Waals surface area contributed by atoms with Crippen LogP contribution in [-0.4, -0.2) is 36.7 Å². The first-order chi connectivity index (χ1) is 7.45. The highest BCUT2D eigenvalue weighted by molar-refractivity contribution is 7.98. The van der Waals surface area contributed by atoms with E-state index >= 15 is 0 Å². The molecule has 0 saturated carbocycles. The largest absolute Gasteiger partial charge is 0.374 e. The zero-order chi connectivity index (χ0) is 12.2. The molecule has 3 N–H and O–H groups in total. The molecule has 0 aliphatic carbocycles. The Bertz CT molecular complexity index is 431. The number of sulfonamides is 1. The summed E-state index contributed by atoms with van der Waals surface area (Å²) < 4.78 is 26.0. The van der Waals surface area contributed by atoms with E-state index in [4.69, 9.17) is 5.73 Å². The monoisotopic (exact) mass is 282 g/mol. The highest BCUT2D eigenvalue weighted by Crippen LogP contribution is 2.17. The van der Waals surface area contributed by atoms with E-state index < -0.39 is 10.0 Å². The number of thioether (sulfide) groups is 1. The fraction of sp³-hybridized carbons (Fsp3) is 0.714. The molecule has 0 amide bonds. The van der Waals surface area contributed by atoms with Crippen LogP contribution in [0.5, 0.6) is 0 Å². The van der Waals surface area contributed by atoms with Crippen LogP contribution in [0.3, 0.4) is 0 Å². The van der Waals surface area contributed by atoms with Gasteiger partial charge in [0.2, 0.25) is 9.47 Å². The number of anilines is 1. The maximum atomic E-state index is 11.8. The van der Waals surface area contributed by atoms with Gasteiger partial charge in [0.25, 0.3) is 10.0 Å². The second-order valence-electron chi connectivity index (χ2n) is 3.21. The first kappa shape index (κ1) is 13.7. The zero-order valence-electron chi connectivity index (χ0n) is 9.00. The summed E-state index contributed by atoms with van der Waals surface area (Å²) >= 11 is 2.54. The van der Waals surface area contributed by atoms with Crippen molar-refractivity contribution in [2.45, 2.75) is 23.7 Å². The quantitative estimate of drug-likeness (QED) is 0.790. The van der Waals surface area contributed by atoms with Crippen molar-refractivity contribution in [2.24, 2.45) is 0 Å². The van der Waals surface area contributed by atoms with Gasteiger partial charge in [0.05, 0.1) is 0 Å². The van der Waals surface area contributed by atoms with E-state index in [1.807, 2.05) is 13.2 Å². The molecule has 1 unspecified atom stereocenters. The Morgan fingerprint density at radius 2 is 2.25 bits per heavy atom. The lowest BCUT2D eigenvalue weighted by Crippen LogP contribution is -2.32. The van der Waals surface area contributed by atoms with E-state index in [-0.39, 0.29) is 15.5 Å². The van der Waals surface area contributed by atoms with Crippen molar-refractivity contribution in [3.63, 3.8) is 0 Å². The van der Waals surface area contributed by atoms with Crippen LogP contribution in [0.25, 0.3) is 0 Å². The fourth-order valence-corrected chi connectivity index (χ4v) is 3.67. The summed E-state index contributed by atoms with van der Waals surface area (Å²) in [6.45, 7) is 1.82. The molecule has 0 radical (unpaired) electrons. The first-order valence-corrected chi connectivity index (χ1v) is 8.25. The Balaban J connectivity index is 2.65. The maximum absolute atomic E-state index is 11.8. The molecule has 92 valence electrons. The third kappa shape index (κ3) is 3.89. The second kappa shape index (κ2) is 5.80. The zero-order valence-corrected chi connectivity index (χ0v) is 11.5. The lowest BCUT2D eigenvalue weighted by atomic mass is 10.3. The summed E-state index contributed by atoms with van der Waals surface area (Å²) in [6.07, 6.45) is 2.75. The van der Waals surface area contributed by atoms with E-state index in [9.17, 15) is 8.42 Å². The van der Waals surface area contributed by atoms with Gasteiger partial charge in [0, 0.05) is 6.04 Å². The molecule has 1 heterocycles. The third-order valence-corrected chi connectivity index (χ3v) is 5.12. The number of nitrogens with zero attached hydrogens (tertiary/aromatic N) is 2. The molecule has 1 aromatic rings. The summed E-state index contributed by atoms with van der Waals surface area (Å²) in [6, 6.07) is -0.123. The van der Waals surface area contributed by atoms with E-state index in [2.05, 4.69) is 14.9 Å². The highest BCUT2D eigenvalue weighted by Gasteiger charge is 2.21. The van der Waals surface area contributed by atoms with Crippen molar-refractivity contribution >= 4 is 38.3 Å². The highest BCUT2D eigenvalue weighted by atomic mass is 32.2. The molecule has 0 bridgehead atoms. The molecule has 0 aromatic carbocycles. The topological polar surface area (TPSA) is 98.0 Å². The van der Waals surface area contributed by atoms with Gasteiger partial charge in [0.1, 0.15) is 0 Å². The third-order valence-electron chi connectivity index (χ3n) is 1.76. The molecule has 0 aliphatic heterocycles. The molecule has 1 aromatic heterocycles. The summed E-state index contributed by atoms with van der Waals surface area (Å²) in [7, 11) is -3.56. The van der Waals surface area contributed by atoms with E-state index in [0.29, 0.717) is 0 Å². The summed E-state index contributed by atoms with van der Waals surface area (Å²) in [5, 5.41) is 7.13. The van der Waals surface area contributed by atoms with Crippen molar-refractivity contribution in [1.29, 1.82) is 0 Å². The first-order valence-electron chi connectivity index (χ1n) is 4.56. The predicted octanol–water partition coefficient (Wildman–Crippen LogP) is 0.540. The lowest BCUT2D eigenvalue weighted by molar-refractivity contribution is 0.555. The van der Waals surface area contributed by atoms with E-state index in [0.717, 1.165) is 23.5 Å². The van der Waals surface area contributed by atoms with Gasteiger partial charge in [-0.25, -0.2) is 13.1 Å². The molecular formula is C7H14N4O2S3. The molecule has 0 fully saturated rings. The molecule has 1 atom stereocenters. The minimum Gasteiger partial charge on any atom is -0.374 e. The van der Waals surface area contributed by atoms with Crippen molar-refractivity contribution in [3.05, 3.63) is 0 Å². The van der Waals surface area contributed by atoms with Gasteiger partial charge < -0.3 is 5.73 Å². The van der Waals surface area contributed by atoms with Gasteiger partial charge in [0.15, 0.2) is 0 Å². The number of aromatic nitrogens is 2. The van der Waals surface area contributed by atoms with Crippen LogP contribution >= 0.6 is 23.1 Å². The van der Waals surface area contributed by atoms with E-state index in [1.165, 1.54) is 0 Å². The Labute approximate surface area is 103 Å². The van der Waals surface area contributed by atoms with Crippen LogP contribution < -0.4 is 10.5 Å². The number of nitrogens with one attached hydrogen (secondary N) is 1. The van der Waals surface area contributed by atoms with Gasteiger partial charge in [-0.2, -0.15) is 11.8 Å². The van der Waals surface area contributed by atoms with Crippen molar-refractivity contribution < 1.29 is 8.42 Å². The Kier molecular flexibility index (Phi) is 4.96. The predicted molar refractivity (Wildman–Crippen MR) is 67.1 cm³/mol. The fourth-order valence-electron chi connectivity index (χ4n) is 0.998. The van der Waals surface area contributed by atoms with Crippen molar-refractivity contribution in [3.8, 4) is 0 Å². The molecule has 0 saturated heterocycles. The standard InChI is InChI=1S/C7H14N4O2S3/c1-5(3-4-14-2)11-16(12,13)7-10-9-6(8)15-7/h5,11H,3-4H2,1-2H3,(H2,8,9). The number of nitrogen functional groups attached to an aromatic ring is 1. The Morgan fingerprint density at radius 1 is 1.56 bits per heavy atom. The van der Waals surface area contributed by atoms with Gasteiger partial charge in [-0.15, -0.1) is 10.2 Å². The molecular weight excluding hydrogens is 268 g/mol. The van der Waals surface area contributed by atoms with Crippen LogP contribution in [-0.2, 0) is 10.0 Å². The van der Waals surface area contributed by atoms with Gasteiger partial charge >= 0.3 is 0 Å². The minimum atomic E-state index is -3.56. The smallest absolute Gasteiger partial charge is 0.270 e. The van der Waals surface area contributed by atoms with Gasteiger partial charge in [-0.05, 0) is 25.4 Å². The van der Waals surface area contributed by atoms with Crippen molar-refractivity contribution in [1.82, 2.24) is 14.9 Å². The maximum Gasteiger partial charge on any atom is 0.270 e. The van der Waals surface area contributed by atoms with Gasteiger partial charge in [-0.3, -0.25) is 0 Å². The van der Waals surface area contributed by atoms with Crippen LogP contribution in [0.15, 0.2) is 4.34 Å².